The van der Waals surface area contributed by atoms with Gasteiger partial charge >= 0.3 is 0 Å². The number of nitrogens with one attached hydrogen (secondary N) is 2. The third-order valence-corrected chi connectivity index (χ3v) is 9.48. The van der Waals surface area contributed by atoms with Gasteiger partial charge in [0.15, 0.2) is 16.4 Å². The van der Waals surface area contributed by atoms with Crippen LogP contribution in [0.3, 0.4) is 0 Å². The molecule has 0 saturated carbocycles. The monoisotopic (exact) mass is 603 g/mol. The van der Waals surface area contributed by atoms with Gasteiger partial charge in [-0.25, -0.2) is 8.42 Å². The maximum absolute atomic E-state index is 13.9. The number of nitrogens with zero attached hydrogens (tertiary/aromatic N) is 2. The average Bonchev–Trinajstić information content (AvgIpc) is 3.48. The van der Waals surface area contributed by atoms with Gasteiger partial charge in [0, 0.05) is 17.2 Å². The van der Waals surface area contributed by atoms with Gasteiger partial charge in [-0.3, -0.25) is 9.59 Å². The Hall–Kier alpha value is -2.99. The molecule has 0 spiro atoms. The van der Waals surface area contributed by atoms with Crippen LogP contribution in [0.2, 0.25) is 0 Å². The van der Waals surface area contributed by atoms with Gasteiger partial charge in [0.25, 0.3) is 11.8 Å². The molecule has 4 atom stereocenters. The fourth-order valence-corrected chi connectivity index (χ4v) is 7.08. The maximum Gasteiger partial charge on any atom is 0.287 e. The zero-order valence-electron chi connectivity index (χ0n) is 25.5. The van der Waals surface area contributed by atoms with E-state index in [9.17, 15) is 23.2 Å². The number of sulfone groups is 1. The zero-order valence-corrected chi connectivity index (χ0v) is 26.3. The molecule has 3 unspecified atom stereocenters. The van der Waals surface area contributed by atoms with Gasteiger partial charge in [-0.05, 0) is 68.0 Å². The topological polar surface area (TPSA) is 125 Å². The van der Waals surface area contributed by atoms with E-state index in [2.05, 4.69) is 10.7 Å². The maximum atomic E-state index is 13.9. The van der Waals surface area contributed by atoms with Crippen molar-refractivity contribution in [3.8, 4) is 5.75 Å². The lowest BCUT2D eigenvalue weighted by molar-refractivity contribution is -1.21. The summed E-state index contributed by atoms with van der Waals surface area (Å²) in [7, 11) is -2.24. The van der Waals surface area contributed by atoms with E-state index in [1.807, 2.05) is 51.1 Å². The van der Waals surface area contributed by atoms with E-state index in [4.69, 9.17) is 4.74 Å². The van der Waals surface area contributed by atoms with Crippen LogP contribution in [-0.4, -0.2) is 73.3 Å². The van der Waals surface area contributed by atoms with Crippen LogP contribution >= 0.6 is 0 Å². The number of quaternary nitrogens is 1. The van der Waals surface area contributed by atoms with Gasteiger partial charge in [0.1, 0.15) is 5.75 Å². The summed E-state index contributed by atoms with van der Waals surface area (Å²) in [5.74, 6) is -1.14. The Kier molecular flexibility index (Phi) is 11.9. The summed E-state index contributed by atoms with van der Waals surface area (Å²) >= 11 is 0. The van der Waals surface area contributed by atoms with E-state index in [0.29, 0.717) is 31.6 Å². The highest BCUT2D eigenvalue weighted by Crippen LogP contribution is 2.25. The van der Waals surface area contributed by atoms with Crippen molar-refractivity contribution in [3.05, 3.63) is 60.2 Å². The molecule has 0 aromatic heterocycles. The van der Waals surface area contributed by atoms with Gasteiger partial charge in [-0.15, -0.1) is 10.4 Å². The molecule has 1 saturated heterocycles. The molecule has 42 heavy (non-hydrogen) atoms. The van der Waals surface area contributed by atoms with Crippen LogP contribution in [0.15, 0.2) is 59.5 Å². The molecule has 3 rings (SSSR count). The van der Waals surface area contributed by atoms with Gasteiger partial charge in [-0.1, -0.05) is 58.0 Å². The number of carbonyl (C=O) groups excluding carboxylic acids is 2. The van der Waals surface area contributed by atoms with Crippen LogP contribution in [0, 0.1) is 11.8 Å². The van der Waals surface area contributed by atoms with E-state index in [1.165, 1.54) is 24.3 Å². The lowest BCUT2D eigenvalue weighted by Gasteiger charge is -2.43. The highest BCUT2D eigenvalue weighted by Gasteiger charge is 2.47. The summed E-state index contributed by atoms with van der Waals surface area (Å²) in [6.45, 7) is 7.94. The Morgan fingerprint density at radius 3 is 2.33 bits per heavy atom. The van der Waals surface area contributed by atoms with Crippen LogP contribution in [-0.2, 0) is 25.8 Å². The fraction of sp³-hybridized carbons (Fsp3) is 0.548. The van der Waals surface area contributed by atoms with Crippen molar-refractivity contribution in [2.45, 2.75) is 76.8 Å². The summed E-state index contributed by atoms with van der Waals surface area (Å²) in [5.41, 5.74) is 3.73. The lowest BCUT2D eigenvalue weighted by Crippen LogP contribution is -2.73. The highest BCUT2D eigenvalue weighted by molar-refractivity contribution is 7.91. The van der Waals surface area contributed by atoms with Gasteiger partial charge in [0.2, 0.25) is 0 Å². The van der Waals surface area contributed by atoms with E-state index >= 15 is 0 Å². The summed E-state index contributed by atoms with van der Waals surface area (Å²) in [5, 5.41) is 16.8. The molecule has 1 heterocycles. The molecule has 232 valence electrons. The number of carbonyl (C=O) groups is 2. The lowest BCUT2D eigenvalue weighted by atomic mass is 10.0. The van der Waals surface area contributed by atoms with Crippen LogP contribution in [0.5, 0.6) is 5.75 Å². The minimum atomic E-state index is -3.75. The van der Waals surface area contributed by atoms with Crippen molar-refractivity contribution in [1.82, 2.24) is 15.8 Å². The van der Waals surface area contributed by atoms with Gasteiger partial charge < -0.3 is 10.1 Å². The van der Waals surface area contributed by atoms with Crippen molar-refractivity contribution in [2.24, 2.45) is 11.8 Å². The number of amides is 2. The van der Waals surface area contributed by atoms with E-state index in [1.54, 1.807) is 19.1 Å². The minimum Gasteiger partial charge on any atom is -0.497 e. The molecule has 2 aromatic carbocycles. The van der Waals surface area contributed by atoms with Gasteiger partial charge in [-0.2, -0.15) is 5.21 Å². The van der Waals surface area contributed by atoms with Crippen LogP contribution in [0.25, 0.3) is 0 Å². The Balaban J connectivity index is 1.98. The van der Waals surface area contributed by atoms with Crippen LogP contribution in [0.4, 0.5) is 0 Å². The molecule has 2 aromatic rings. The predicted octanol–water partition coefficient (Wildman–Crippen LogP) is 3.91. The minimum absolute atomic E-state index is 0.00255. The van der Waals surface area contributed by atoms with Crippen LogP contribution in [0.1, 0.15) is 58.9 Å². The van der Waals surface area contributed by atoms with E-state index < -0.39 is 38.6 Å². The molecule has 0 bridgehead atoms. The number of ether oxygens (including phenoxy) is 1. The molecule has 11 heteroatoms. The van der Waals surface area contributed by atoms with Gasteiger partial charge in [0.05, 0.1) is 29.8 Å². The number of benzene rings is 2. The van der Waals surface area contributed by atoms with E-state index in [-0.39, 0.29) is 35.4 Å². The third kappa shape index (κ3) is 9.00. The number of rotatable bonds is 15. The number of hydroxylamine groups is 1. The van der Waals surface area contributed by atoms with Crippen molar-refractivity contribution < 1.29 is 32.8 Å². The Labute approximate surface area is 250 Å². The zero-order chi connectivity index (χ0) is 30.9. The first-order chi connectivity index (χ1) is 19.9. The first kappa shape index (κ1) is 33.5. The molecular weight excluding hydrogens is 556 g/mol. The number of hydrogen-bond donors (Lipinski definition) is 3. The normalized spacial score (nSPS) is 18.2. The highest BCUT2D eigenvalue weighted by atomic mass is 32.2. The van der Waals surface area contributed by atoms with Crippen molar-refractivity contribution in [1.29, 1.82) is 0 Å². The molecule has 0 aliphatic carbocycles. The second-order valence-electron chi connectivity index (χ2n) is 11.7. The first-order valence-corrected chi connectivity index (χ1v) is 16.4. The second-order valence-corrected chi connectivity index (χ2v) is 13.7. The smallest absolute Gasteiger partial charge is 0.287 e. The van der Waals surface area contributed by atoms with Crippen molar-refractivity contribution in [2.75, 3.05) is 26.0 Å². The molecule has 1 aliphatic rings. The number of hydrogen-bond acceptors (Lipinski definition) is 7. The quantitative estimate of drug-likeness (QED) is 0.208. The summed E-state index contributed by atoms with van der Waals surface area (Å²) in [6.07, 6.45) is 2.55. The van der Waals surface area contributed by atoms with E-state index in [0.717, 1.165) is 12.0 Å². The molecular formula is C31H47N4O6S+. The predicted molar refractivity (Wildman–Crippen MR) is 161 cm³/mol. The van der Waals surface area contributed by atoms with Crippen molar-refractivity contribution in [3.63, 3.8) is 0 Å². The largest absolute Gasteiger partial charge is 0.497 e. The summed E-state index contributed by atoms with van der Waals surface area (Å²) < 4.78 is 31.8. The Bertz CT molecular complexity index is 1270. The Morgan fingerprint density at radius 1 is 1.12 bits per heavy atom. The fourth-order valence-electron chi connectivity index (χ4n) is 5.48. The first-order valence-electron chi connectivity index (χ1n) is 14.8. The SMILES string of the molecule is CCC(Cc1ccccc1)N(C(=O)CC(C)C)[N+](O)(C[C@@H](C)CS(=O)(=O)c1ccc(OC)cc1)NC(=O)C1CCCN1. The molecule has 3 N–H and O–H groups in total. The molecule has 2 amide bonds. The molecule has 10 nitrogen and oxygen atoms in total. The molecule has 0 radical (unpaired) electrons. The average molecular weight is 604 g/mol. The Morgan fingerprint density at radius 2 is 1.79 bits per heavy atom. The summed E-state index contributed by atoms with van der Waals surface area (Å²) in [4.78, 5) is 26.2. The summed E-state index contributed by atoms with van der Waals surface area (Å²) in [6, 6.07) is 14.8. The van der Waals surface area contributed by atoms with Crippen molar-refractivity contribution >= 4 is 21.7 Å². The second kappa shape index (κ2) is 15.0. The number of methoxy groups -OCH3 is 1. The molecule has 1 fully saturated rings. The molecule has 1 aliphatic heterocycles. The third-order valence-electron chi connectivity index (χ3n) is 7.48. The van der Waals surface area contributed by atoms with Crippen LogP contribution < -0.4 is 15.5 Å². The standard InChI is InChI=1S/C31H46N4O6S/c1-6-26(20-25-11-8-7-9-12-25)34(30(36)19-23(2)3)35(38,33-31(37)29-13-10-18-32-29)21-24(4)22-42(39,40)28-16-14-27(41-5)15-17-28/h7-9,11-12,14-17,23-24,26,29,32,38H,6,10,13,18-22H2,1-5H3/p+1/t24-,26?,29?,35?/m1/s1.